The highest BCUT2D eigenvalue weighted by Crippen LogP contribution is 1.98. The van der Waals surface area contributed by atoms with Crippen molar-refractivity contribution in [2.75, 3.05) is 26.3 Å². The SMILES string of the molecule is O=COC(=O)N1CCOCC1. The molecular formula is C6H9NO4. The highest BCUT2D eigenvalue weighted by molar-refractivity contribution is 5.74. The summed E-state index contributed by atoms with van der Waals surface area (Å²) in [4.78, 5) is 22.0. The van der Waals surface area contributed by atoms with Crippen LogP contribution in [0.25, 0.3) is 0 Å². The number of hydrogen-bond donors (Lipinski definition) is 0. The lowest BCUT2D eigenvalue weighted by atomic mass is 10.5. The van der Waals surface area contributed by atoms with E-state index in [1.165, 1.54) is 4.90 Å². The lowest BCUT2D eigenvalue weighted by molar-refractivity contribution is -0.124. The van der Waals surface area contributed by atoms with E-state index >= 15 is 0 Å². The van der Waals surface area contributed by atoms with Crippen molar-refractivity contribution in [3.05, 3.63) is 0 Å². The smallest absolute Gasteiger partial charge is 0.379 e. The summed E-state index contributed by atoms with van der Waals surface area (Å²) in [7, 11) is 0. The summed E-state index contributed by atoms with van der Waals surface area (Å²) in [5.41, 5.74) is 0. The zero-order valence-corrected chi connectivity index (χ0v) is 5.99. The first kappa shape index (κ1) is 8.00. The predicted octanol–water partition coefficient (Wildman–Crippen LogP) is -0.388. The van der Waals surface area contributed by atoms with Gasteiger partial charge in [0, 0.05) is 13.1 Å². The fourth-order valence-electron chi connectivity index (χ4n) is 0.862. The molecule has 11 heavy (non-hydrogen) atoms. The number of rotatable bonds is 1. The van der Waals surface area contributed by atoms with Gasteiger partial charge in [0.05, 0.1) is 13.2 Å². The summed E-state index contributed by atoms with van der Waals surface area (Å²) >= 11 is 0. The van der Waals surface area contributed by atoms with Gasteiger partial charge in [0.1, 0.15) is 0 Å². The maximum absolute atomic E-state index is 10.8. The van der Waals surface area contributed by atoms with E-state index in [2.05, 4.69) is 4.74 Å². The van der Waals surface area contributed by atoms with E-state index in [0.29, 0.717) is 26.3 Å². The zero-order valence-electron chi connectivity index (χ0n) is 5.99. The van der Waals surface area contributed by atoms with Crippen molar-refractivity contribution in [3.63, 3.8) is 0 Å². The average Bonchev–Trinajstić information content (AvgIpc) is 2.07. The molecular weight excluding hydrogens is 150 g/mol. The molecule has 1 amide bonds. The molecule has 0 aromatic rings. The molecule has 0 aromatic carbocycles. The van der Waals surface area contributed by atoms with Crippen LogP contribution in [0, 0.1) is 0 Å². The lowest BCUT2D eigenvalue weighted by Gasteiger charge is -2.24. The topological polar surface area (TPSA) is 55.8 Å². The number of ether oxygens (including phenoxy) is 2. The van der Waals surface area contributed by atoms with Crippen LogP contribution in [0.5, 0.6) is 0 Å². The van der Waals surface area contributed by atoms with Crippen molar-refractivity contribution in [1.82, 2.24) is 4.90 Å². The normalized spacial score (nSPS) is 17.6. The Morgan fingerprint density at radius 3 is 2.64 bits per heavy atom. The molecule has 0 radical (unpaired) electrons. The van der Waals surface area contributed by atoms with Crippen molar-refractivity contribution in [3.8, 4) is 0 Å². The number of amides is 1. The highest BCUT2D eigenvalue weighted by atomic mass is 16.6. The molecule has 5 heteroatoms. The third-order valence-corrected chi connectivity index (χ3v) is 1.42. The van der Waals surface area contributed by atoms with Crippen LogP contribution in [-0.2, 0) is 14.3 Å². The maximum Gasteiger partial charge on any atom is 0.417 e. The van der Waals surface area contributed by atoms with Gasteiger partial charge in [0.15, 0.2) is 0 Å². The van der Waals surface area contributed by atoms with E-state index in [4.69, 9.17) is 4.74 Å². The van der Waals surface area contributed by atoms with Gasteiger partial charge in [0.25, 0.3) is 0 Å². The van der Waals surface area contributed by atoms with Gasteiger partial charge in [-0.2, -0.15) is 0 Å². The van der Waals surface area contributed by atoms with Gasteiger partial charge in [0.2, 0.25) is 0 Å². The van der Waals surface area contributed by atoms with Crippen LogP contribution in [0.15, 0.2) is 0 Å². The van der Waals surface area contributed by atoms with E-state index in [1.807, 2.05) is 0 Å². The van der Waals surface area contributed by atoms with Crippen LogP contribution in [0.1, 0.15) is 0 Å². The van der Waals surface area contributed by atoms with E-state index in [9.17, 15) is 9.59 Å². The Bertz CT molecular complexity index is 153. The predicted molar refractivity (Wildman–Crippen MR) is 34.9 cm³/mol. The Morgan fingerprint density at radius 2 is 2.09 bits per heavy atom. The fourth-order valence-corrected chi connectivity index (χ4v) is 0.862. The minimum atomic E-state index is -0.594. The average molecular weight is 159 g/mol. The fraction of sp³-hybridized carbons (Fsp3) is 0.667. The van der Waals surface area contributed by atoms with Crippen molar-refractivity contribution in [1.29, 1.82) is 0 Å². The summed E-state index contributed by atoms with van der Waals surface area (Å²) in [6, 6.07) is 0. The van der Waals surface area contributed by atoms with E-state index < -0.39 is 6.09 Å². The lowest BCUT2D eigenvalue weighted by Crippen LogP contribution is -2.40. The van der Waals surface area contributed by atoms with E-state index in [0.717, 1.165) is 0 Å². The molecule has 1 saturated heterocycles. The van der Waals surface area contributed by atoms with Crippen molar-refractivity contribution in [2.24, 2.45) is 0 Å². The maximum atomic E-state index is 10.8. The molecule has 1 fully saturated rings. The summed E-state index contributed by atoms with van der Waals surface area (Å²) in [5, 5.41) is 0. The number of morpholine rings is 1. The largest absolute Gasteiger partial charge is 0.417 e. The molecule has 5 nitrogen and oxygen atoms in total. The summed E-state index contributed by atoms with van der Waals surface area (Å²) in [6.45, 7) is 2.14. The quantitative estimate of drug-likeness (QED) is 0.386. The molecule has 0 aromatic heterocycles. The van der Waals surface area contributed by atoms with Gasteiger partial charge in [-0.05, 0) is 0 Å². The van der Waals surface area contributed by atoms with Crippen LogP contribution in [-0.4, -0.2) is 43.8 Å². The second-order valence-corrected chi connectivity index (χ2v) is 2.08. The van der Waals surface area contributed by atoms with Crippen LogP contribution in [0.3, 0.4) is 0 Å². The molecule has 1 heterocycles. The molecule has 1 rings (SSSR count). The Balaban J connectivity index is 2.32. The standard InChI is InChI=1S/C6H9NO4/c8-5-11-6(9)7-1-3-10-4-2-7/h5H,1-4H2. The van der Waals surface area contributed by atoms with Gasteiger partial charge in [-0.1, -0.05) is 0 Å². The molecule has 0 saturated carbocycles. The Kier molecular flexibility index (Phi) is 2.85. The second-order valence-electron chi connectivity index (χ2n) is 2.08. The molecule has 0 aliphatic carbocycles. The number of carbonyl (C=O) groups excluding carboxylic acids is 2. The van der Waals surface area contributed by atoms with E-state index in [1.54, 1.807) is 0 Å². The molecule has 0 bridgehead atoms. The molecule has 0 spiro atoms. The second kappa shape index (κ2) is 3.92. The minimum Gasteiger partial charge on any atom is -0.379 e. The number of carbonyl (C=O) groups is 2. The third-order valence-electron chi connectivity index (χ3n) is 1.42. The monoisotopic (exact) mass is 159 g/mol. The van der Waals surface area contributed by atoms with Gasteiger partial charge in [-0.25, -0.2) is 4.79 Å². The van der Waals surface area contributed by atoms with Crippen molar-refractivity contribution >= 4 is 12.6 Å². The molecule has 0 atom stereocenters. The van der Waals surface area contributed by atoms with Gasteiger partial charge in [-0.15, -0.1) is 0 Å². The third kappa shape index (κ3) is 2.19. The summed E-state index contributed by atoms with van der Waals surface area (Å²) in [6.07, 6.45) is -0.594. The molecule has 1 aliphatic rings. The van der Waals surface area contributed by atoms with Crippen molar-refractivity contribution in [2.45, 2.75) is 0 Å². The van der Waals surface area contributed by atoms with Crippen LogP contribution in [0.2, 0.25) is 0 Å². The molecule has 0 unspecified atom stereocenters. The first-order chi connectivity index (χ1) is 5.34. The molecule has 62 valence electrons. The minimum absolute atomic E-state index is 0.137. The van der Waals surface area contributed by atoms with Crippen molar-refractivity contribution < 1.29 is 19.1 Å². The van der Waals surface area contributed by atoms with Gasteiger partial charge in [-0.3, -0.25) is 4.79 Å². The van der Waals surface area contributed by atoms with Gasteiger partial charge < -0.3 is 14.4 Å². The number of hydrogen-bond acceptors (Lipinski definition) is 4. The molecule has 0 N–H and O–H groups in total. The van der Waals surface area contributed by atoms with Gasteiger partial charge >= 0.3 is 12.6 Å². The first-order valence-corrected chi connectivity index (χ1v) is 3.31. The Morgan fingerprint density at radius 1 is 1.45 bits per heavy atom. The first-order valence-electron chi connectivity index (χ1n) is 3.31. The highest BCUT2D eigenvalue weighted by Gasteiger charge is 2.17. The summed E-state index contributed by atoms with van der Waals surface area (Å²) < 4.78 is 9.12. The van der Waals surface area contributed by atoms with Crippen LogP contribution < -0.4 is 0 Å². The zero-order chi connectivity index (χ0) is 8.10. The Labute approximate surface area is 63.9 Å². The van der Waals surface area contributed by atoms with Crippen LogP contribution >= 0.6 is 0 Å². The summed E-state index contributed by atoms with van der Waals surface area (Å²) in [5.74, 6) is 0. The van der Waals surface area contributed by atoms with Crippen LogP contribution in [0.4, 0.5) is 4.79 Å². The molecule has 1 aliphatic heterocycles. The Hall–Kier alpha value is -1.10. The number of nitrogens with zero attached hydrogens (tertiary/aromatic N) is 1. The van der Waals surface area contributed by atoms with E-state index in [-0.39, 0.29) is 6.47 Å².